The van der Waals surface area contributed by atoms with Crippen molar-refractivity contribution in [2.75, 3.05) is 0 Å². The molecule has 0 aliphatic heterocycles. The molecule has 0 atom stereocenters. The third-order valence-corrected chi connectivity index (χ3v) is 3.09. The Morgan fingerprint density at radius 3 is 2.59 bits per heavy atom. The number of aldehydes is 1. The first-order valence-corrected chi connectivity index (χ1v) is 5.68. The fraction of sp³-hybridized carbons (Fsp3) is 0.143. The van der Waals surface area contributed by atoms with Crippen LogP contribution in [-0.2, 0) is 0 Å². The maximum atomic E-state index is 10.9. The summed E-state index contributed by atoms with van der Waals surface area (Å²) in [5.41, 5.74) is 4.60. The number of rotatable bonds is 2. The van der Waals surface area contributed by atoms with E-state index in [-0.39, 0.29) is 0 Å². The highest BCUT2D eigenvalue weighted by Crippen LogP contribution is 2.30. The summed E-state index contributed by atoms with van der Waals surface area (Å²) in [6.07, 6.45) is 2.53. The molecule has 0 amide bonds. The molecule has 0 spiro atoms. The van der Waals surface area contributed by atoms with Crippen LogP contribution < -0.4 is 0 Å². The Bertz CT molecular complexity index is 578. The lowest BCUT2D eigenvalue weighted by atomic mass is 9.96. The molecule has 3 heteroatoms. The van der Waals surface area contributed by atoms with Gasteiger partial charge in [-0.05, 0) is 48.7 Å². The average molecular weight is 246 g/mol. The fourth-order valence-electron chi connectivity index (χ4n) is 1.84. The van der Waals surface area contributed by atoms with Gasteiger partial charge in [0.25, 0.3) is 0 Å². The van der Waals surface area contributed by atoms with E-state index < -0.39 is 0 Å². The SMILES string of the molecule is Cc1cc(-c2cccnc2Cl)c(C)cc1C=O. The molecule has 0 saturated heterocycles. The molecule has 0 unspecified atom stereocenters. The summed E-state index contributed by atoms with van der Waals surface area (Å²) in [5, 5.41) is 0.480. The summed E-state index contributed by atoms with van der Waals surface area (Å²) in [7, 11) is 0. The lowest BCUT2D eigenvalue weighted by molar-refractivity contribution is 0.112. The van der Waals surface area contributed by atoms with E-state index in [1.807, 2.05) is 38.1 Å². The van der Waals surface area contributed by atoms with Crippen molar-refractivity contribution in [3.05, 3.63) is 52.3 Å². The van der Waals surface area contributed by atoms with Crippen molar-refractivity contribution in [2.45, 2.75) is 13.8 Å². The van der Waals surface area contributed by atoms with Gasteiger partial charge in [-0.1, -0.05) is 17.7 Å². The van der Waals surface area contributed by atoms with E-state index in [4.69, 9.17) is 11.6 Å². The molecule has 0 bridgehead atoms. The van der Waals surface area contributed by atoms with Gasteiger partial charge in [0.05, 0.1) is 0 Å². The maximum absolute atomic E-state index is 10.9. The molecule has 0 N–H and O–H groups in total. The molecule has 1 aromatic carbocycles. The Balaban J connectivity index is 2.65. The van der Waals surface area contributed by atoms with Crippen molar-refractivity contribution in [3.8, 4) is 11.1 Å². The number of carbonyl (C=O) groups excluding carboxylic acids is 1. The molecule has 0 aliphatic carbocycles. The van der Waals surface area contributed by atoms with E-state index >= 15 is 0 Å². The molecule has 1 aromatic heterocycles. The lowest BCUT2D eigenvalue weighted by Crippen LogP contribution is -1.92. The van der Waals surface area contributed by atoms with Gasteiger partial charge < -0.3 is 0 Å². The molecule has 0 saturated carbocycles. The molecule has 2 aromatic rings. The summed E-state index contributed by atoms with van der Waals surface area (Å²) >= 11 is 6.08. The molecular formula is C14H12ClNO. The Kier molecular flexibility index (Phi) is 3.25. The van der Waals surface area contributed by atoms with Crippen LogP contribution in [0, 0.1) is 13.8 Å². The standard InChI is InChI=1S/C14H12ClNO/c1-9-7-13(10(2)6-11(9)8-17)12-4-3-5-16-14(12)15/h3-8H,1-2H3. The monoisotopic (exact) mass is 245 g/mol. The second kappa shape index (κ2) is 4.68. The first-order chi connectivity index (χ1) is 8.13. The second-order valence-electron chi connectivity index (χ2n) is 3.98. The van der Waals surface area contributed by atoms with Crippen LogP contribution in [0.5, 0.6) is 0 Å². The smallest absolute Gasteiger partial charge is 0.150 e. The Morgan fingerprint density at radius 2 is 1.94 bits per heavy atom. The molecule has 0 radical (unpaired) electrons. The largest absolute Gasteiger partial charge is 0.298 e. The van der Waals surface area contributed by atoms with E-state index in [1.165, 1.54) is 0 Å². The van der Waals surface area contributed by atoms with Gasteiger partial charge in [-0.15, -0.1) is 0 Å². The van der Waals surface area contributed by atoms with Crippen molar-refractivity contribution < 1.29 is 4.79 Å². The third-order valence-electron chi connectivity index (χ3n) is 2.79. The summed E-state index contributed by atoms with van der Waals surface area (Å²) in [4.78, 5) is 14.9. The average Bonchev–Trinajstić information content (AvgIpc) is 2.32. The van der Waals surface area contributed by atoms with Gasteiger partial charge in [-0.2, -0.15) is 0 Å². The zero-order valence-corrected chi connectivity index (χ0v) is 10.5. The van der Waals surface area contributed by atoms with Crippen LogP contribution in [0.15, 0.2) is 30.5 Å². The predicted octanol–water partition coefficient (Wildman–Crippen LogP) is 3.83. The maximum Gasteiger partial charge on any atom is 0.150 e. The predicted molar refractivity (Wildman–Crippen MR) is 69.5 cm³/mol. The number of carbonyl (C=O) groups is 1. The highest BCUT2D eigenvalue weighted by molar-refractivity contribution is 6.32. The van der Waals surface area contributed by atoms with Gasteiger partial charge in [0.15, 0.2) is 0 Å². The number of hydrogen-bond acceptors (Lipinski definition) is 2. The van der Waals surface area contributed by atoms with Crippen LogP contribution in [0.25, 0.3) is 11.1 Å². The number of hydrogen-bond donors (Lipinski definition) is 0. The molecule has 1 heterocycles. The van der Waals surface area contributed by atoms with Gasteiger partial charge in [-0.3, -0.25) is 4.79 Å². The van der Waals surface area contributed by atoms with E-state index in [0.717, 1.165) is 28.5 Å². The van der Waals surface area contributed by atoms with Crippen LogP contribution >= 0.6 is 11.6 Å². The quantitative estimate of drug-likeness (QED) is 0.595. The number of nitrogens with zero attached hydrogens (tertiary/aromatic N) is 1. The highest BCUT2D eigenvalue weighted by atomic mass is 35.5. The summed E-state index contributed by atoms with van der Waals surface area (Å²) in [6.45, 7) is 3.88. The highest BCUT2D eigenvalue weighted by Gasteiger charge is 2.09. The normalized spacial score (nSPS) is 10.3. The van der Waals surface area contributed by atoms with Gasteiger partial charge in [-0.25, -0.2) is 4.98 Å². The van der Waals surface area contributed by atoms with Crippen LogP contribution in [0.4, 0.5) is 0 Å². The molecule has 2 rings (SSSR count). The zero-order chi connectivity index (χ0) is 12.4. The number of halogens is 1. The first kappa shape index (κ1) is 11.8. The molecular weight excluding hydrogens is 234 g/mol. The van der Waals surface area contributed by atoms with E-state index in [2.05, 4.69) is 4.98 Å². The van der Waals surface area contributed by atoms with Gasteiger partial charge in [0.2, 0.25) is 0 Å². The number of aromatic nitrogens is 1. The van der Waals surface area contributed by atoms with E-state index in [1.54, 1.807) is 6.20 Å². The second-order valence-corrected chi connectivity index (χ2v) is 4.34. The van der Waals surface area contributed by atoms with E-state index in [9.17, 15) is 4.79 Å². The Morgan fingerprint density at radius 1 is 1.18 bits per heavy atom. The molecule has 2 nitrogen and oxygen atoms in total. The topological polar surface area (TPSA) is 30.0 Å². The van der Waals surface area contributed by atoms with Gasteiger partial charge >= 0.3 is 0 Å². The van der Waals surface area contributed by atoms with Crippen LogP contribution in [0.2, 0.25) is 5.15 Å². The minimum Gasteiger partial charge on any atom is -0.298 e. The minimum atomic E-state index is 0.480. The minimum absolute atomic E-state index is 0.480. The third kappa shape index (κ3) is 2.22. The van der Waals surface area contributed by atoms with Crippen molar-refractivity contribution >= 4 is 17.9 Å². The number of benzene rings is 1. The van der Waals surface area contributed by atoms with Crippen molar-refractivity contribution in [3.63, 3.8) is 0 Å². The lowest BCUT2D eigenvalue weighted by Gasteiger charge is -2.10. The summed E-state index contributed by atoms with van der Waals surface area (Å²) in [5.74, 6) is 0. The Hall–Kier alpha value is -1.67. The zero-order valence-electron chi connectivity index (χ0n) is 9.70. The molecule has 0 fully saturated rings. The van der Waals surface area contributed by atoms with E-state index in [0.29, 0.717) is 10.7 Å². The summed E-state index contributed by atoms with van der Waals surface area (Å²) in [6, 6.07) is 7.63. The molecule has 86 valence electrons. The fourth-order valence-corrected chi connectivity index (χ4v) is 2.06. The van der Waals surface area contributed by atoms with Crippen LogP contribution in [0.3, 0.4) is 0 Å². The summed E-state index contributed by atoms with van der Waals surface area (Å²) < 4.78 is 0. The Labute approximate surface area is 105 Å². The van der Waals surface area contributed by atoms with Crippen LogP contribution in [0.1, 0.15) is 21.5 Å². The molecule has 0 aliphatic rings. The van der Waals surface area contributed by atoms with Gasteiger partial charge in [0, 0.05) is 17.3 Å². The van der Waals surface area contributed by atoms with Crippen molar-refractivity contribution in [1.29, 1.82) is 0 Å². The van der Waals surface area contributed by atoms with Crippen molar-refractivity contribution in [2.24, 2.45) is 0 Å². The number of pyridine rings is 1. The van der Waals surface area contributed by atoms with Gasteiger partial charge in [0.1, 0.15) is 11.4 Å². The van der Waals surface area contributed by atoms with Crippen LogP contribution in [-0.4, -0.2) is 11.3 Å². The first-order valence-electron chi connectivity index (χ1n) is 5.31. The molecule has 17 heavy (non-hydrogen) atoms. The van der Waals surface area contributed by atoms with Crippen molar-refractivity contribution in [1.82, 2.24) is 4.98 Å². The number of aryl methyl sites for hydroxylation is 2.